The van der Waals surface area contributed by atoms with E-state index in [2.05, 4.69) is 14.9 Å². The maximum atomic E-state index is 12.0. The number of aryl methyl sites for hydroxylation is 1. The van der Waals surface area contributed by atoms with E-state index in [1.54, 1.807) is 31.2 Å². The second kappa shape index (κ2) is 6.40. The number of carbonyl (C=O) groups is 1. The van der Waals surface area contributed by atoms with Gasteiger partial charge in [-0.25, -0.2) is 0 Å². The Morgan fingerprint density at radius 3 is 3.00 bits per heavy atom. The first kappa shape index (κ1) is 14.4. The van der Waals surface area contributed by atoms with Crippen LogP contribution in [0, 0.1) is 6.92 Å². The number of nitrogens with one attached hydrogen (secondary N) is 1. The van der Waals surface area contributed by atoms with Gasteiger partial charge in [0.1, 0.15) is 22.2 Å². The largest absolute Gasteiger partial charge is 0.486 e. The normalized spacial score (nSPS) is 10.1. The SMILES string of the molecule is Cc1nnsc1C(=O)Nc1cccc(OCC(N)=S)c1. The quantitative estimate of drug-likeness (QED) is 0.818. The smallest absolute Gasteiger partial charge is 0.269 e. The average molecular weight is 308 g/mol. The Bertz CT molecular complexity index is 642. The number of anilines is 1. The summed E-state index contributed by atoms with van der Waals surface area (Å²) in [7, 11) is 0. The Balaban J connectivity index is 2.06. The first-order chi connectivity index (χ1) is 9.56. The molecule has 3 N–H and O–H groups in total. The molecule has 0 unspecified atom stereocenters. The minimum atomic E-state index is -0.246. The molecule has 0 aliphatic heterocycles. The van der Waals surface area contributed by atoms with Gasteiger partial charge >= 0.3 is 0 Å². The molecule has 0 radical (unpaired) electrons. The Kier molecular flexibility index (Phi) is 4.59. The Hall–Kier alpha value is -2.06. The van der Waals surface area contributed by atoms with E-state index in [-0.39, 0.29) is 17.5 Å². The van der Waals surface area contributed by atoms with E-state index in [4.69, 9.17) is 22.7 Å². The van der Waals surface area contributed by atoms with E-state index in [0.29, 0.717) is 22.0 Å². The van der Waals surface area contributed by atoms with Gasteiger partial charge in [-0.1, -0.05) is 22.8 Å². The van der Waals surface area contributed by atoms with Crippen LogP contribution in [0.2, 0.25) is 0 Å². The lowest BCUT2D eigenvalue weighted by atomic mass is 10.3. The van der Waals surface area contributed by atoms with E-state index in [9.17, 15) is 4.79 Å². The second-order valence-corrected chi connectivity index (χ2v) is 5.20. The van der Waals surface area contributed by atoms with Crippen LogP contribution in [-0.4, -0.2) is 27.1 Å². The predicted octanol–water partition coefficient (Wildman–Crippen LogP) is 1.76. The van der Waals surface area contributed by atoms with Crippen molar-refractivity contribution in [3.8, 4) is 5.75 Å². The summed E-state index contributed by atoms with van der Waals surface area (Å²) >= 11 is 5.79. The molecule has 8 heteroatoms. The summed E-state index contributed by atoms with van der Waals surface area (Å²) in [5, 5.41) is 6.56. The fraction of sp³-hybridized carbons (Fsp3) is 0.167. The Morgan fingerprint density at radius 2 is 2.35 bits per heavy atom. The number of carbonyl (C=O) groups excluding carboxylic acids is 1. The maximum Gasteiger partial charge on any atom is 0.269 e. The molecule has 1 aromatic heterocycles. The van der Waals surface area contributed by atoms with E-state index < -0.39 is 0 Å². The van der Waals surface area contributed by atoms with E-state index in [1.165, 1.54) is 0 Å². The fourth-order valence-electron chi connectivity index (χ4n) is 1.45. The lowest BCUT2D eigenvalue weighted by Crippen LogP contribution is -2.18. The highest BCUT2D eigenvalue weighted by Gasteiger charge is 2.13. The van der Waals surface area contributed by atoms with Gasteiger partial charge in [-0.3, -0.25) is 4.79 Å². The molecule has 0 fully saturated rings. The van der Waals surface area contributed by atoms with Crippen molar-refractivity contribution in [3.05, 3.63) is 34.8 Å². The number of hydrogen-bond acceptors (Lipinski definition) is 6. The molecule has 0 atom stereocenters. The van der Waals surface area contributed by atoms with Crippen LogP contribution in [0.5, 0.6) is 5.75 Å². The summed E-state index contributed by atoms with van der Waals surface area (Å²) in [6.07, 6.45) is 0. The van der Waals surface area contributed by atoms with Gasteiger partial charge in [-0.05, 0) is 30.6 Å². The molecule has 6 nitrogen and oxygen atoms in total. The highest BCUT2D eigenvalue weighted by Crippen LogP contribution is 2.19. The summed E-state index contributed by atoms with van der Waals surface area (Å²) in [6, 6.07) is 6.98. The number of aromatic nitrogens is 2. The van der Waals surface area contributed by atoms with E-state index in [1.807, 2.05) is 0 Å². The summed E-state index contributed by atoms with van der Waals surface area (Å²) in [6.45, 7) is 1.89. The lowest BCUT2D eigenvalue weighted by Gasteiger charge is -2.08. The molecule has 1 aromatic carbocycles. The van der Waals surface area contributed by atoms with E-state index in [0.717, 1.165) is 11.5 Å². The minimum Gasteiger partial charge on any atom is -0.486 e. The molecule has 0 saturated carbocycles. The van der Waals surface area contributed by atoms with Crippen molar-refractivity contribution >= 4 is 40.3 Å². The molecular weight excluding hydrogens is 296 g/mol. The van der Waals surface area contributed by atoms with Gasteiger partial charge in [0.25, 0.3) is 5.91 Å². The molecule has 1 amide bonds. The molecule has 0 spiro atoms. The number of nitrogens with zero attached hydrogens (tertiary/aromatic N) is 2. The summed E-state index contributed by atoms with van der Waals surface area (Å²) in [5.74, 6) is 0.332. The maximum absolute atomic E-state index is 12.0. The third-order valence-corrected chi connectivity index (χ3v) is 3.28. The number of ether oxygens (including phenoxy) is 1. The van der Waals surface area contributed by atoms with Crippen LogP contribution in [0.25, 0.3) is 0 Å². The molecule has 20 heavy (non-hydrogen) atoms. The number of hydrogen-bond donors (Lipinski definition) is 2. The molecule has 1 heterocycles. The second-order valence-electron chi connectivity index (χ2n) is 3.92. The summed E-state index contributed by atoms with van der Waals surface area (Å²) < 4.78 is 9.09. The first-order valence-electron chi connectivity index (χ1n) is 5.67. The van der Waals surface area contributed by atoms with Crippen LogP contribution in [-0.2, 0) is 0 Å². The van der Waals surface area contributed by atoms with Gasteiger partial charge in [-0.2, -0.15) is 0 Å². The zero-order chi connectivity index (χ0) is 14.5. The van der Waals surface area contributed by atoms with Crippen molar-refractivity contribution in [2.45, 2.75) is 6.92 Å². The van der Waals surface area contributed by atoms with Crippen LogP contribution in [0.3, 0.4) is 0 Å². The average Bonchev–Trinajstić information content (AvgIpc) is 2.83. The van der Waals surface area contributed by atoms with Crippen LogP contribution in [0.4, 0.5) is 5.69 Å². The standard InChI is InChI=1S/C12H12N4O2S2/c1-7-11(20-16-15-7)12(17)14-8-3-2-4-9(5-8)18-6-10(13)19/h2-5H,6H2,1H3,(H2,13,19)(H,14,17). The lowest BCUT2D eigenvalue weighted by molar-refractivity contribution is 0.103. The van der Waals surface area contributed by atoms with Gasteiger partial charge < -0.3 is 15.8 Å². The van der Waals surface area contributed by atoms with Crippen molar-refractivity contribution < 1.29 is 9.53 Å². The molecule has 0 saturated heterocycles. The highest BCUT2D eigenvalue weighted by atomic mass is 32.1. The molecular formula is C12H12N4O2S2. The monoisotopic (exact) mass is 308 g/mol. The zero-order valence-corrected chi connectivity index (χ0v) is 12.3. The van der Waals surface area contributed by atoms with Crippen molar-refractivity contribution in [2.75, 3.05) is 11.9 Å². The molecule has 2 rings (SSSR count). The Morgan fingerprint density at radius 1 is 1.55 bits per heavy atom. The van der Waals surface area contributed by atoms with Crippen LogP contribution < -0.4 is 15.8 Å². The van der Waals surface area contributed by atoms with Crippen molar-refractivity contribution in [1.29, 1.82) is 0 Å². The van der Waals surface area contributed by atoms with Crippen molar-refractivity contribution in [1.82, 2.24) is 9.59 Å². The van der Waals surface area contributed by atoms with E-state index >= 15 is 0 Å². The molecule has 104 valence electrons. The predicted molar refractivity (Wildman–Crippen MR) is 81.3 cm³/mol. The summed E-state index contributed by atoms with van der Waals surface area (Å²) in [5.41, 5.74) is 6.58. The van der Waals surface area contributed by atoms with Gasteiger partial charge in [0.05, 0.1) is 5.69 Å². The van der Waals surface area contributed by atoms with Crippen LogP contribution >= 0.6 is 23.8 Å². The number of nitrogens with two attached hydrogens (primary N) is 1. The molecule has 2 aromatic rings. The summed E-state index contributed by atoms with van der Waals surface area (Å²) in [4.78, 5) is 12.8. The fourth-order valence-corrected chi connectivity index (χ4v) is 2.06. The number of benzene rings is 1. The third-order valence-electron chi connectivity index (χ3n) is 2.33. The van der Waals surface area contributed by atoms with Crippen LogP contribution in [0.1, 0.15) is 15.4 Å². The van der Waals surface area contributed by atoms with Gasteiger partial charge in [-0.15, -0.1) is 5.10 Å². The van der Waals surface area contributed by atoms with Gasteiger partial charge in [0, 0.05) is 11.8 Å². The molecule has 0 bridgehead atoms. The third kappa shape index (κ3) is 3.72. The zero-order valence-electron chi connectivity index (χ0n) is 10.6. The molecule has 0 aliphatic carbocycles. The Labute approximate surface area is 125 Å². The molecule has 0 aliphatic rings. The number of thiocarbonyl (C=S) groups is 1. The van der Waals surface area contributed by atoms with Gasteiger partial charge in [0.15, 0.2) is 0 Å². The minimum absolute atomic E-state index is 0.157. The van der Waals surface area contributed by atoms with Gasteiger partial charge in [0.2, 0.25) is 0 Å². The highest BCUT2D eigenvalue weighted by molar-refractivity contribution is 7.80. The first-order valence-corrected chi connectivity index (χ1v) is 6.86. The van der Waals surface area contributed by atoms with Crippen LogP contribution in [0.15, 0.2) is 24.3 Å². The number of amides is 1. The van der Waals surface area contributed by atoms with Crippen molar-refractivity contribution in [3.63, 3.8) is 0 Å². The number of rotatable bonds is 5. The topological polar surface area (TPSA) is 90.1 Å². The van der Waals surface area contributed by atoms with Crippen molar-refractivity contribution in [2.24, 2.45) is 5.73 Å².